The third-order valence-electron chi connectivity index (χ3n) is 5.93. The fourth-order valence-corrected chi connectivity index (χ4v) is 3.99. The SMILES string of the molecule is CCn1cc(C(=O)Nc2ccc(C)c(-c3cnc(N4C=CNCC4)c(C#N)c3)c2)cc(C(F)(F)F)c1=O. The fourth-order valence-electron chi connectivity index (χ4n) is 3.99. The lowest BCUT2D eigenvalue weighted by Gasteiger charge is -2.24. The number of pyridine rings is 2. The van der Waals surface area contributed by atoms with Crippen LogP contribution in [-0.2, 0) is 12.7 Å². The quantitative estimate of drug-likeness (QED) is 0.534. The van der Waals surface area contributed by atoms with Crippen molar-refractivity contribution in [1.29, 1.82) is 5.26 Å². The number of amides is 1. The zero-order chi connectivity index (χ0) is 26.7. The Morgan fingerprint density at radius 3 is 2.70 bits per heavy atom. The monoisotopic (exact) mass is 508 g/mol. The molecule has 0 fully saturated rings. The molecule has 2 N–H and O–H groups in total. The lowest BCUT2D eigenvalue weighted by molar-refractivity contribution is -0.139. The number of nitrogens with one attached hydrogen (secondary N) is 2. The van der Waals surface area contributed by atoms with Gasteiger partial charge in [-0.15, -0.1) is 0 Å². The summed E-state index contributed by atoms with van der Waals surface area (Å²) < 4.78 is 40.9. The van der Waals surface area contributed by atoms with Crippen LogP contribution >= 0.6 is 0 Å². The molecule has 8 nitrogen and oxygen atoms in total. The number of aromatic nitrogens is 2. The average Bonchev–Trinajstić information content (AvgIpc) is 2.89. The zero-order valence-corrected chi connectivity index (χ0v) is 20.1. The first-order valence-electron chi connectivity index (χ1n) is 11.4. The number of alkyl halides is 3. The smallest absolute Gasteiger partial charge is 0.388 e. The van der Waals surface area contributed by atoms with E-state index in [2.05, 4.69) is 21.7 Å². The molecule has 0 bridgehead atoms. The van der Waals surface area contributed by atoms with Crippen LogP contribution in [0.25, 0.3) is 11.1 Å². The van der Waals surface area contributed by atoms with Crippen molar-refractivity contribution < 1.29 is 18.0 Å². The molecule has 3 aromatic rings. The van der Waals surface area contributed by atoms with Crippen molar-refractivity contribution in [3.63, 3.8) is 0 Å². The average molecular weight is 509 g/mol. The summed E-state index contributed by atoms with van der Waals surface area (Å²) in [5.74, 6) is -0.267. The summed E-state index contributed by atoms with van der Waals surface area (Å²) in [7, 11) is 0. The minimum Gasteiger partial charge on any atom is -0.388 e. The molecule has 190 valence electrons. The molecule has 2 aromatic heterocycles. The lowest BCUT2D eigenvalue weighted by Crippen LogP contribution is -2.32. The molecule has 0 saturated heterocycles. The van der Waals surface area contributed by atoms with Crippen LogP contribution in [0.5, 0.6) is 0 Å². The van der Waals surface area contributed by atoms with E-state index in [1.165, 1.54) is 6.92 Å². The summed E-state index contributed by atoms with van der Waals surface area (Å²) in [6, 6.07) is 9.48. The van der Waals surface area contributed by atoms with Crippen LogP contribution < -0.4 is 21.1 Å². The Labute approximate surface area is 210 Å². The van der Waals surface area contributed by atoms with Crippen molar-refractivity contribution in [2.45, 2.75) is 26.6 Å². The lowest BCUT2D eigenvalue weighted by atomic mass is 9.99. The van der Waals surface area contributed by atoms with Gasteiger partial charge in [0.05, 0.1) is 11.1 Å². The van der Waals surface area contributed by atoms with Gasteiger partial charge < -0.3 is 20.1 Å². The summed E-state index contributed by atoms with van der Waals surface area (Å²) in [4.78, 5) is 31.3. The summed E-state index contributed by atoms with van der Waals surface area (Å²) in [6.45, 7) is 4.71. The Bertz CT molecular complexity index is 1490. The zero-order valence-electron chi connectivity index (χ0n) is 20.1. The third-order valence-corrected chi connectivity index (χ3v) is 5.93. The number of rotatable bonds is 5. The van der Waals surface area contributed by atoms with Gasteiger partial charge in [-0.25, -0.2) is 4.98 Å². The minimum atomic E-state index is -4.89. The Morgan fingerprint density at radius 2 is 2.05 bits per heavy atom. The maximum Gasteiger partial charge on any atom is 0.421 e. The van der Waals surface area contributed by atoms with Crippen molar-refractivity contribution in [2.24, 2.45) is 0 Å². The van der Waals surface area contributed by atoms with Crippen LogP contribution in [0, 0.1) is 18.3 Å². The highest BCUT2D eigenvalue weighted by Crippen LogP contribution is 2.31. The van der Waals surface area contributed by atoms with Gasteiger partial charge in [-0.3, -0.25) is 9.59 Å². The summed E-state index contributed by atoms with van der Waals surface area (Å²) >= 11 is 0. The summed E-state index contributed by atoms with van der Waals surface area (Å²) in [5.41, 5.74) is -0.00737. The molecule has 0 radical (unpaired) electrons. The second kappa shape index (κ2) is 10.2. The first-order valence-corrected chi connectivity index (χ1v) is 11.4. The molecule has 3 heterocycles. The van der Waals surface area contributed by atoms with Gasteiger partial charge in [-0.2, -0.15) is 18.4 Å². The molecule has 37 heavy (non-hydrogen) atoms. The second-order valence-electron chi connectivity index (χ2n) is 8.39. The molecule has 1 aromatic carbocycles. The van der Waals surface area contributed by atoms with Gasteiger partial charge in [0.15, 0.2) is 5.82 Å². The molecule has 4 rings (SSSR count). The van der Waals surface area contributed by atoms with Crippen molar-refractivity contribution in [2.75, 3.05) is 23.3 Å². The molecule has 1 aliphatic heterocycles. The minimum absolute atomic E-state index is 0.0222. The van der Waals surface area contributed by atoms with E-state index in [9.17, 15) is 28.0 Å². The number of hydrogen-bond donors (Lipinski definition) is 2. The molecule has 0 unspecified atom stereocenters. The summed E-state index contributed by atoms with van der Waals surface area (Å²) in [6.07, 6.45) is 1.43. The van der Waals surface area contributed by atoms with Gasteiger partial charge in [-0.05, 0) is 49.2 Å². The van der Waals surface area contributed by atoms with Crippen LogP contribution in [0.3, 0.4) is 0 Å². The molecule has 0 atom stereocenters. The number of aryl methyl sites for hydroxylation is 2. The van der Waals surface area contributed by atoms with E-state index in [-0.39, 0.29) is 12.1 Å². The molecule has 11 heteroatoms. The Hall–Kier alpha value is -4.59. The van der Waals surface area contributed by atoms with Gasteiger partial charge in [0.2, 0.25) is 0 Å². The fraction of sp³-hybridized carbons (Fsp3) is 0.231. The highest BCUT2D eigenvalue weighted by atomic mass is 19.4. The number of hydrogen-bond acceptors (Lipinski definition) is 6. The van der Waals surface area contributed by atoms with Crippen molar-refractivity contribution in [1.82, 2.24) is 14.9 Å². The van der Waals surface area contributed by atoms with E-state index >= 15 is 0 Å². The van der Waals surface area contributed by atoms with E-state index in [0.29, 0.717) is 47.4 Å². The molecule has 0 spiro atoms. The topological polar surface area (TPSA) is 103 Å². The van der Waals surface area contributed by atoms with Gasteiger partial charge >= 0.3 is 6.18 Å². The van der Waals surface area contributed by atoms with Gasteiger partial charge in [0, 0.05) is 55.7 Å². The van der Waals surface area contributed by atoms with Crippen molar-refractivity contribution >= 4 is 17.4 Å². The van der Waals surface area contributed by atoms with Crippen molar-refractivity contribution in [3.05, 3.63) is 87.7 Å². The third kappa shape index (κ3) is 5.33. The van der Waals surface area contributed by atoms with Crippen LogP contribution in [0.2, 0.25) is 0 Å². The van der Waals surface area contributed by atoms with Crippen LogP contribution in [0.1, 0.15) is 34.0 Å². The van der Waals surface area contributed by atoms with E-state index in [4.69, 9.17) is 0 Å². The molecule has 0 saturated carbocycles. The number of anilines is 2. The molecular formula is C26H23F3N6O2. The highest BCUT2D eigenvalue weighted by molar-refractivity contribution is 6.04. The molecule has 1 amide bonds. The normalized spacial score (nSPS) is 13.1. The second-order valence-corrected chi connectivity index (χ2v) is 8.39. The summed E-state index contributed by atoms with van der Waals surface area (Å²) in [5, 5.41) is 15.4. The van der Waals surface area contributed by atoms with E-state index < -0.39 is 23.2 Å². The number of carbonyl (C=O) groups is 1. The standard InChI is InChI=1S/C26H23F3N6O2/c1-3-34-15-19(11-22(25(34)37)26(27,28)29)24(36)33-20-5-4-16(2)21(12-20)18-10-17(13-30)23(32-14-18)35-8-6-31-7-9-35/h4-6,8,10-12,14-15,31H,3,7,9H2,1-2H3,(H,33,36). The number of nitrogens with zero attached hydrogens (tertiary/aromatic N) is 4. The molecular weight excluding hydrogens is 485 g/mol. The number of halogens is 3. The Kier molecular flexibility index (Phi) is 7.02. The first-order chi connectivity index (χ1) is 17.6. The highest BCUT2D eigenvalue weighted by Gasteiger charge is 2.35. The maximum atomic E-state index is 13.3. The van der Waals surface area contributed by atoms with Gasteiger partial charge in [0.1, 0.15) is 11.6 Å². The molecule has 1 aliphatic rings. The van der Waals surface area contributed by atoms with E-state index in [1.807, 2.05) is 11.8 Å². The molecule has 0 aliphatic carbocycles. The Morgan fingerprint density at radius 1 is 1.27 bits per heavy atom. The van der Waals surface area contributed by atoms with Crippen molar-refractivity contribution in [3.8, 4) is 17.2 Å². The van der Waals surface area contributed by atoms with Gasteiger partial charge in [-0.1, -0.05) is 6.07 Å². The number of nitriles is 1. The van der Waals surface area contributed by atoms with Crippen LogP contribution in [-0.4, -0.2) is 28.5 Å². The maximum absolute atomic E-state index is 13.3. The van der Waals surface area contributed by atoms with E-state index in [1.54, 1.807) is 42.9 Å². The first kappa shape index (κ1) is 25.5. The van der Waals surface area contributed by atoms with Crippen LogP contribution in [0.4, 0.5) is 24.7 Å². The number of benzene rings is 1. The van der Waals surface area contributed by atoms with E-state index in [0.717, 1.165) is 16.3 Å². The predicted molar refractivity (Wildman–Crippen MR) is 133 cm³/mol. The number of carbonyl (C=O) groups excluding carboxylic acids is 1. The largest absolute Gasteiger partial charge is 0.421 e. The predicted octanol–water partition coefficient (Wildman–Crippen LogP) is 4.26. The van der Waals surface area contributed by atoms with Crippen LogP contribution in [0.15, 0.2) is 59.9 Å². The van der Waals surface area contributed by atoms with Gasteiger partial charge in [0.25, 0.3) is 11.5 Å². The Balaban J connectivity index is 1.66.